The van der Waals surface area contributed by atoms with Gasteiger partial charge in [0.25, 0.3) is 0 Å². The molecule has 3 aliphatic rings. The van der Waals surface area contributed by atoms with E-state index in [1.54, 1.807) is 0 Å². The molecular formula is C61H63Cl2N2Ru-. The van der Waals surface area contributed by atoms with Crippen LogP contribution in [-0.2, 0) is 11.9 Å². The quantitative estimate of drug-likeness (QED) is 0.105. The molecule has 1 aliphatic heterocycles. The Kier molecular flexibility index (Phi) is 14.8. The van der Waals surface area contributed by atoms with Gasteiger partial charge in [-0.25, -0.2) is 0 Å². The third-order valence-electron chi connectivity index (χ3n) is 12.6. The first kappa shape index (κ1) is 47.2. The van der Waals surface area contributed by atoms with E-state index in [9.17, 15) is 0 Å². The summed E-state index contributed by atoms with van der Waals surface area (Å²) in [6, 6.07) is 54.1. The van der Waals surface area contributed by atoms with Crippen molar-refractivity contribution < 1.29 is 11.9 Å². The Morgan fingerprint density at radius 3 is 1.35 bits per heavy atom. The number of para-hydroxylation sites is 2. The van der Waals surface area contributed by atoms with Crippen molar-refractivity contribution in [1.29, 1.82) is 0 Å². The summed E-state index contributed by atoms with van der Waals surface area (Å²) in [6.45, 7) is 20.0. The molecule has 5 heteroatoms. The summed E-state index contributed by atoms with van der Waals surface area (Å²) in [5.41, 5.74) is 17.7. The van der Waals surface area contributed by atoms with Gasteiger partial charge in [-0.2, -0.15) is 0 Å². The molecule has 0 aromatic heterocycles. The Bertz CT molecular complexity index is 2770. The van der Waals surface area contributed by atoms with E-state index in [1.165, 1.54) is 72.6 Å². The van der Waals surface area contributed by atoms with E-state index in [0.717, 1.165) is 27.1 Å². The Morgan fingerprint density at radius 2 is 0.924 bits per heavy atom. The molecule has 2 aliphatic carbocycles. The van der Waals surface area contributed by atoms with Crippen molar-refractivity contribution in [2.45, 2.75) is 79.1 Å². The Labute approximate surface area is 405 Å². The van der Waals surface area contributed by atoms with Crippen molar-refractivity contribution in [1.82, 2.24) is 0 Å². The Balaban J connectivity index is 0.000000258. The van der Waals surface area contributed by atoms with E-state index >= 15 is 0 Å². The van der Waals surface area contributed by atoms with Crippen LogP contribution in [0.15, 0.2) is 188 Å². The van der Waals surface area contributed by atoms with Crippen LogP contribution < -0.4 is 9.80 Å². The standard InChI is InChI=1S/C27H38N2.C19H15.C15H10.2ClH.Ru/c1-18(2)22-11-9-12-23(19(3)4)26(22)28-15-16-29(17-28)27-24(20(5)6)13-10-14-25(27)21(7)8;1-4-10-16(11-5-1)19(17-12-6-2-7-13-17)18-14-8-3-9-15-18;1-2-6-12(7-3-1)15-11-10-13-8-4-5-9-14(13)15;;;/h9-14,18-21H,15-16H2,1-8H3;1-15H;1-9,11H;2*1H;/q;-1;;;;+2/p-2. The third-order valence-corrected chi connectivity index (χ3v) is 19.6. The van der Waals surface area contributed by atoms with Crippen LogP contribution in [0.1, 0.15) is 129 Å². The molecule has 66 heavy (non-hydrogen) atoms. The second-order valence-corrected chi connectivity index (χ2v) is 27.7. The van der Waals surface area contributed by atoms with Gasteiger partial charge in [0, 0.05) is 0 Å². The summed E-state index contributed by atoms with van der Waals surface area (Å²) in [7, 11) is 16.4. The van der Waals surface area contributed by atoms with Gasteiger partial charge in [0.1, 0.15) is 0 Å². The van der Waals surface area contributed by atoms with Crippen LogP contribution in [0.4, 0.5) is 11.4 Å². The predicted molar refractivity (Wildman–Crippen MR) is 286 cm³/mol. The van der Waals surface area contributed by atoms with E-state index < -0.39 is 11.9 Å². The van der Waals surface area contributed by atoms with Crippen molar-refractivity contribution in [3.63, 3.8) is 0 Å². The number of nitrogens with zero attached hydrogens (tertiary/aromatic N) is 2. The molecular weight excluding hydrogens is 933 g/mol. The summed E-state index contributed by atoms with van der Waals surface area (Å²) in [4.78, 5) is 5.09. The van der Waals surface area contributed by atoms with E-state index in [0.29, 0.717) is 23.7 Å². The van der Waals surface area contributed by atoms with Crippen LogP contribution in [0.5, 0.6) is 0 Å². The SMILES string of the molecule is C1=C[CH-]C(=C(c2ccccc2)c2ccccc2)C=C1.CC(C)c1cccc(C(C)C)c1N1CCN(c2c(C(C)C)cccc2C(C)C)[C]1=[Ru]([Cl])([Cl])=[C]1C=C(c2ccccc2)c2ccccc21. The number of fused-ring (bicyclic) bond motifs is 1. The fourth-order valence-corrected chi connectivity index (χ4v) is 16.4. The molecule has 1 heterocycles. The molecule has 0 N–H and O–H groups in total. The average Bonchev–Trinajstić information content (AvgIpc) is 3.97. The fraction of sp³-hybridized carbons (Fsp3) is 0.230. The number of hydrogen-bond acceptors (Lipinski definition) is 2. The first-order chi connectivity index (χ1) is 31.9. The number of benzene rings is 6. The summed E-state index contributed by atoms with van der Waals surface area (Å²) in [5, 5.41) is 0. The van der Waals surface area contributed by atoms with Crippen LogP contribution >= 0.6 is 19.4 Å². The van der Waals surface area contributed by atoms with Gasteiger partial charge in [-0.05, 0) is 0 Å². The molecule has 2 nitrogen and oxygen atoms in total. The van der Waals surface area contributed by atoms with Gasteiger partial charge in [-0.1, -0.05) is 77.4 Å². The monoisotopic (exact) mass is 995 g/mol. The topological polar surface area (TPSA) is 6.48 Å². The molecule has 0 saturated carbocycles. The van der Waals surface area contributed by atoms with Gasteiger partial charge in [-0.15, -0.1) is 36.3 Å². The third kappa shape index (κ3) is 9.59. The van der Waals surface area contributed by atoms with Crippen molar-refractivity contribution in [2.75, 3.05) is 22.9 Å². The van der Waals surface area contributed by atoms with Crippen molar-refractivity contribution in [3.05, 3.63) is 244 Å². The van der Waals surface area contributed by atoms with Crippen molar-refractivity contribution >= 4 is 50.4 Å². The molecule has 6 aromatic carbocycles. The number of anilines is 2. The minimum atomic E-state index is -3.90. The molecule has 0 atom stereocenters. The van der Waals surface area contributed by atoms with Crippen molar-refractivity contribution in [3.8, 4) is 0 Å². The molecule has 1 saturated heterocycles. The van der Waals surface area contributed by atoms with Crippen LogP contribution in [0.2, 0.25) is 0 Å². The fourth-order valence-electron chi connectivity index (χ4n) is 9.45. The van der Waals surface area contributed by atoms with E-state index in [1.807, 2.05) is 0 Å². The number of hydrogen-bond donors (Lipinski definition) is 0. The maximum atomic E-state index is 8.18. The van der Waals surface area contributed by atoms with Gasteiger partial charge in [-0.3, -0.25) is 0 Å². The summed E-state index contributed by atoms with van der Waals surface area (Å²) in [6.07, 6.45) is 12.9. The van der Waals surface area contributed by atoms with Crippen LogP contribution in [0.25, 0.3) is 11.1 Å². The molecule has 340 valence electrons. The predicted octanol–water partition coefficient (Wildman–Crippen LogP) is 16.5. The maximum absolute atomic E-state index is 8.18. The van der Waals surface area contributed by atoms with Gasteiger partial charge in [0.2, 0.25) is 0 Å². The molecule has 6 aromatic rings. The van der Waals surface area contributed by atoms with Gasteiger partial charge in [0.05, 0.1) is 0 Å². The first-order valence-electron chi connectivity index (χ1n) is 23.5. The number of rotatable bonds is 9. The number of allylic oxidation sites excluding steroid dienone is 6. The van der Waals surface area contributed by atoms with Gasteiger partial charge in [0.15, 0.2) is 0 Å². The van der Waals surface area contributed by atoms with Crippen LogP contribution in [0, 0.1) is 6.42 Å². The first-order valence-corrected chi connectivity index (χ1v) is 29.7. The minimum absolute atomic E-state index is 0.350. The second kappa shape index (κ2) is 20.7. The van der Waals surface area contributed by atoms with E-state index in [-0.39, 0.29) is 0 Å². The zero-order valence-electron chi connectivity index (χ0n) is 39.6. The molecule has 0 unspecified atom stereocenters. The molecule has 0 radical (unpaired) electrons. The average molecular weight is 996 g/mol. The summed E-state index contributed by atoms with van der Waals surface area (Å²) < 4.78 is 2.18. The molecule has 0 amide bonds. The van der Waals surface area contributed by atoms with E-state index in [4.69, 9.17) is 19.4 Å². The number of halogens is 2. The van der Waals surface area contributed by atoms with E-state index in [2.05, 4.69) is 254 Å². The molecule has 9 rings (SSSR count). The zero-order chi connectivity index (χ0) is 46.5. The normalized spacial score (nSPS) is 14.8. The summed E-state index contributed by atoms with van der Waals surface area (Å²) >= 11 is -3.90. The van der Waals surface area contributed by atoms with Gasteiger partial charge >= 0.3 is 295 Å². The summed E-state index contributed by atoms with van der Waals surface area (Å²) in [5.74, 6) is 1.40. The van der Waals surface area contributed by atoms with Crippen molar-refractivity contribution in [2.24, 2.45) is 0 Å². The molecule has 0 bridgehead atoms. The molecule has 1 fully saturated rings. The van der Waals surface area contributed by atoms with Crippen LogP contribution in [0.3, 0.4) is 0 Å². The Morgan fingerprint density at radius 1 is 0.500 bits per heavy atom. The molecule has 0 spiro atoms. The Hall–Kier alpha value is -5.31. The van der Waals surface area contributed by atoms with Crippen LogP contribution in [-0.4, -0.2) is 21.6 Å². The zero-order valence-corrected chi connectivity index (χ0v) is 42.9. The van der Waals surface area contributed by atoms with Gasteiger partial charge < -0.3 is 0 Å². The second-order valence-electron chi connectivity index (χ2n) is 18.4.